The Morgan fingerprint density at radius 3 is 2.29 bits per heavy atom. The van der Waals surface area contributed by atoms with Crippen LogP contribution in [0.15, 0.2) is 58.3 Å². The van der Waals surface area contributed by atoms with Gasteiger partial charge in [-0.15, -0.1) is 0 Å². The normalized spacial score (nSPS) is 18.2. The van der Waals surface area contributed by atoms with Crippen molar-refractivity contribution in [3.8, 4) is 0 Å². The first-order valence-electron chi connectivity index (χ1n) is 9.77. The molecule has 2 aromatic rings. The minimum absolute atomic E-state index is 0.0600. The molecule has 2 aliphatic rings. The minimum atomic E-state index is -3.96. The molecule has 0 aliphatic carbocycles. The Bertz CT molecular complexity index is 1230. The third-order valence-corrected chi connectivity index (χ3v) is 9.05. The van der Waals surface area contributed by atoms with Gasteiger partial charge in [0.05, 0.1) is 10.5 Å². The zero-order valence-electron chi connectivity index (χ0n) is 16.5. The molecule has 9 nitrogen and oxygen atoms in total. The molecule has 0 spiro atoms. The van der Waals surface area contributed by atoms with E-state index in [2.05, 4.69) is 5.32 Å². The molecule has 0 saturated carbocycles. The topological polar surface area (TPSA) is 121 Å². The highest BCUT2D eigenvalue weighted by Gasteiger charge is 2.40. The van der Waals surface area contributed by atoms with Crippen LogP contribution in [0.25, 0.3) is 0 Å². The second kappa shape index (κ2) is 8.06. The van der Waals surface area contributed by atoms with E-state index in [1.165, 1.54) is 46.8 Å². The average Bonchev–Trinajstić information content (AvgIpc) is 3.35. The summed E-state index contributed by atoms with van der Waals surface area (Å²) in [6.07, 6.45) is 1.45. The summed E-state index contributed by atoms with van der Waals surface area (Å²) >= 11 is 0. The van der Waals surface area contributed by atoms with Gasteiger partial charge in [0.25, 0.3) is 15.9 Å². The number of hydrogen-bond donors (Lipinski definition) is 1. The van der Waals surface area contributed by atoms with Gasteiger partial charge in [-0.1, -0.05) is 12.1 Å². The van der Waals surface area contributed by atoms with Gasteiger partial charge in [0, 0.05) is 31.7 Å². The van der Waals surface area contributed by atoms with Gasteiger partial charge in [0.15, 0.2) is 0 Å². The first kappa shape index (κ1) is 21.5. The second-order valence-electron chi connectivity index (χ2n) is 7.31. The molecule has 0 aromatic heterocycles. The fraction of sp³-hybridized carbons (Fsp3) is 0.300. The van der Waals surface area contributed by atoms with E-state index in [0.717, 1.165) is 12.8 Å². The van der Waals surface area contributed by atoms with E-state index in [1.54, 1.807) is 6.07 Å². The predicted molar refractivity (Wildman–Crippen MR) is 112 cm³/mol. The van der Waals surface area contributed by atoms with Crippen LogP contribution < -0.4 is 5.32 Å². The van der Waals surface area contributed by atoms with Crippen LogP contribution in [-0.4, -0.2) is 56.9 Å². The van der Waals surface area contributed by atoms with Crippen LogP contribution in [0.2, 0.25) is 0 Å². The molecular weight excluding hydrogens is 442 g/mol. The zero-order valence-corrected chi connectivity index (χ0v) is 18.2. The van der Waals surface area contributed by atoms with Gasteiger partial charge in [-0.05, 0) is 49.2 Å². The largest absolute Gasteiger partial charge is 0.326 e. The quantitative estimate of drug-likeness (QED) is 0.695. The molecule has 4 rings (SSSR count). The molecule has 2 aliphatic heterocycles. The Balaban J connectivity index is 1.38. The molecule has 11 heteroatoms. The summed E-state index contributed by atoms with van der Waals surface area (Å²) in [4.78, 5) is 24.8. The molecule has 164 valence electrons. The number of benzene rings is 2. The van der Waals surface area contributed by atoms with Gasteiger partial charge < -0.3 is 5.32 Å². The van der Waals surface area contributed by atoms with Crippen molar-refractivity contribution < 1.29 is 26.4 Å². The van der Waals surface area contributed by atoms with Crippen molar-refractivity contribution in [3.63, 3.8) is 0 Å². The molecule has 0 radical (unpaired) electrons. The van der Waals surface area contributed by atoms with Crippen LogP contribution in [0.4, 0.5) is 5.69 Å². The molecule has 0 atom stereocenters. The number of carbonyl (C=O) groups is 2. The summed E-state index contributed by atoms with van der Waals surface area (Å²) in [5, 5.41) is 2.60. The molecule has 1 fully saturated rings. The lowest BCUT2D eigenvalue weighted by molar-refractivity contribution is -0.116. The number of fused-ring (bicyclic) bond motifs is 1. The first-order valence-corrected chi connectivity index (χ1v) is 12.7. The number of sulfonamides is 2. The van der Waals surface area contributed by atoms with E-state index < -0.39 is 31.9 Å². The summed E-state index contributed by atoms with van der Waals surface area (Å²) in [6, 6.07) is 11.7. The van der Waals surface area contributed by atoms with Crippen LogP contribution in [0.5, 0.6) is 0 Å². The van der Waals surface area contributed by atoms with Crippen molar-refractivity contribution in [2.24, 2.45) is 0 Å². The third-order valence-electron chi connectivity index (χ3n) is 5.29. The van der Waals surface area contributed by atoms with Gasteiger partial charge in [-0.25, -0.2) is 21.1 Å². The standard InChI is InChI=1S/C20H21N3O6S2/c24-19(11-14-23-20(25)17-5-1-2-6-18(17)31(23,28)29)21-15-7-9-16(10-8-15)30(26,27)22-12-3-4-13-22/h1-2,5-10H,3-4,11-14H2,(H,21,24). The number of nitrogens with zero attached hydrogens (tertiary/aromatic N) is 2. The number of nitrogens with one attached hydrogen (secondary N) is 1. The monoisotopic (exact) mass is 463 g/mol. The number of carbonyl (C=O) groups excluding carboxylic acids is 2. The molecule has 0 unspecified atom stereocenters. The summed E-state index contributed by atoms with van der Waals surface area (Å²) in [5.74, 6) is -1.14. The van der Waals surface area contributed by atoms with Gasteiger partial charge in [0.1, 0.15) is 4.90 Å². The Labute approximate surface area is 180 Å². The summed E-state index contributed by atoms with van der Waals surface area (Å²) < 4.78 is 52.3. The van der Waals surface area contributed by atoms with Crippen molar-refractivity contribution in [2.45, 2.75) is 29.1 Å². The molecule has 31 heavy (non-hydrogen) atoms. The Hall–Kier alpha value is -2.76. The fourth-order valence-corrected chi connectivity index (χ4v) is 6.75. The van der Waals surface area contributed by atoms with Crippen LogP contribution in [0, 0.1) is 0 Å². The smallest absolute Gasteiger partial charge is 0.269 e. The Morgan fingerprint density at radius 2 is 1.65 bits per heavy atom. The maximum atomic E-state index is 12.5. The van der Waals surface area contributed by atoms with E-state index in [-0.39, 0.29) is 28.3 Å². The first-order chi connectivity index (χ1) is 14.7. The Kier molecular flexibility index (Phi) is 5.58. The highest BCUT2D eigenvalue weighted by atomic mass is 32.2. The van der Waals surface area contributed by atoms with Gasteiger partial charge in [-0.3, -0.25) is 9.59 Å². The molecule has 2 aromatic carbocycles. The van der Waals surface area contributed by atoms with E-state index in [4.69, 9.17) is 0 Å². The minimum Gasteiger partial charge on any atom is -0.326 e. The summed E-state index contributed by atoms with van der Waals surface area (Å²) in [5.41, 5.74) is 0.474. The van der Waals surface area contributed by atoms with Gasteiger partial charge >= 0.3 is 0 Å². The maximum Gasteiger partial charge on any atom is 0.269 e. The van der Waals surface area contributed by atoms with Crippen molar-refractivity contribution in [3.05, 3.63) is 54.1 Å². The van der Waals surface area contributed by atoms with Crippen molar-refractivity contribution in [1.82, 2.24) is 8.61 Å². The zero-order chi connectivity index (χ0) is 22.2. The molecule has 1 saturated heterocycles. The maximum absolute atomic E-state index is 12.5. The van der Waals surface area contributed by atoms with E-state index >= 15 is 0 Å². The van der Waals surface area contributed by atoms with E-state index in [9.17, 15) is 26.4 Å². The van der Waals surface area contributed by atoms with Gasteiger partial charge in [0.2, 0.25) is 15.9 Å². The molecule has 2 heterocycles. The number of hydrogen-bond acceptors (Lipinski definition) is 6. The third kappa shape index (κ3) is 3.95. The van der Waals surface area contributed by atoms with Crippen molar-refractivity contribution >= 4 is 37.5 Å². The number of rotatable bonds is 6. The predicted octanol–water partition coefficient (Wildman–Crippen LogP) is 1.64. The average molecular weight is 464 g/mol. The molecule has 0 bridgehead atoms. The van der Waals surface area contributed by atoms with Crippen LogP contribution in [0.3, 0.4) is 0 Å². The second-order valence-corrected chi connectivity index (χ2v) is 11.1. The van der Waals surface area contributed by atoms with E-state index in [1.807, 2.05) is 0 Å². The van der Waals surface area contributed by atoms with Crippen molar-refractivity contribution in [1.29, 1.82) is 0 Å². The van der Waals surface area contributed by atoms with E-state index in [0.29, 0.717) is 23.1 Å². The SMILES string of the molecule is O=C(CCN1C(=O)c2ccccc2S1(=O)=O)Nc1ccc(S(=O)(=O)N2CCCC2)cc1. The van der Waals surface area contributed by atoms with Crippen LogP contribution >= 0.6 is 0 Å². The lowest BCUT2D eigenvalue weighted by Gasteiger charge is -2.16. The highest BCUT2D eigenvalue weighted by molar-refractivity contribution is 7.90. The molecule has 1 N–H and O–H groups in total. The number of anilines is 1. The lowest BCUT2D eigenvalue weighted by atomic mass is 10.2. The van der Waals surface area contributed by atoms with Crippen molar-refractivity contribution in [2.75, 3.05) is 25.0 Å². The van der Waals surface area contributed by atoms with Crippen LogP contribution in [-0.2, 0) is 24.8 Å². The fourth-order valence-electron chi connectivity index (χ4n) is 3.67. The van der Waals surface area contributed by atoms with Gasteiger partial charge in [-0.2, -0.15) is 4.31 Å². The molecular formula is C20H21N3O6S2. The number of amides is 2. The molecule has 2 amide bonds. The Morgan fingerprint density at radius 1 is 1.00 bits per heavy atom. The summed E-state index contributed by atoms with van der Waals surface area (Å²) in [7, 11) is -7.50. The lowest BCUT2D eigenvalue weighted by Crippen LogP contribution is -2.33. The highest BCUT2D eigenvalue weighted by Crippen LogP contribution is 2.30. The summed E-state index contributed by atoms with van der Waals surface area (Å²) in [6.45, 7) is 0.717. The van der Waals surface area contributed by atoms with Crippen LogP contribution in [0.1, 0.15) is 29.6 Å².